The average Bonchev–Trinajstić information content (AvgIpc) is 2.90. The predicted molar refractivity (Wildman–Crippen MR) is 76.5 cm³/mol. The third-order valence-corrected chi connectivity index (χ3v) is 3.03. The highest BCUT2D eigenvalue weighted by Gasteiger charge is 2.19. The summed E-state index contributed by atoms with van der Waals surface area (Å²) in [7, 11) is 0. The van der Waals surface area contributed by atoms with Gasteiger partial charge in [-0.25, -0.2) is 5.43 Å². The van der Waals surface area contributed by atoms with Gasteiger partial charge in [0.05, 0.1) is 16.6 Å². The number of nitrogens with one attached hydrogen (secondary N) is 1. The van der Waals surface area contributed by atoms with E-state index in [1.54, 1.807) is 18.3 Å². The van der Waals surface area contributed by atoms with Crippen molar-refractivity contribution < 1.29 is 9.72 Å². The van der Waals surface area contributed by atoms with Gasteiger partial charge in [-0.05, 0) is 12.1 Å². The second-order valence-electron chi connectivity index (χ2n) is 4.33. The van der Waals surface area contributed by atoms with E-state index in [2.05, 4.69) is 10.5 Å². The Labute approximate surface area is 118 Å². The Bertz CT molecular complexity index is 841. The molecule has 7 heteroatoms. The van der Waals surface area contributed by atoms with Crippen molar-refractivity contribution in [3.05, 3.63) is 70.4 Å². The summed E-state index contributed by atoms with van der Waals surface area (Å²) in [6, 6.07) is 13.1. The van der Waals surface area contributed by atoms with E-state index in [9.17, 15) is 14.9 Å². The van der Waals surface area contributed by atoms with Crippen molar-refractivity contribution in [2.45, 2.75) is 0 Å². The summed E-state index contributed by atoms with van der Waals surface area (Å²) in [5.74, 6) is -0.587. The van der Waals surface area contributed by atoms with Crippen molar-refractivity contribution in [1.82, 2.24) is 9.89 Å². The van der Waals surface area contributed by atoms with Crippen LogP contribution in [0.1, 0.15) is 10.4 Å². The van der Waals surface area contributed by atoms with Gasteiger partial charge in [0.25, 0.3) is 11.6 Å². The van der Waals surface area contributed by atoms with Crippen LogP contribution in [0.15, 0.2) is 54.7 Å². The number of hydrogen-bond donors (Lipinski definition) is 1. The number of nitro groups is 1. The van der Waals surface area contributed by atoms with Crippen molar-refractivity contribution in [2.75, 3.05) is 5.43 Å². The number of nitrogens with zero attached hydrogens (tertiary/aromatic N) is 3. The highest BCUT2D eigenvalue weighted by Crippen LogP contribution is 2.18. The summed E-state index contributed by atoms with van der Waals surface area (Å²) in [6.45, 7) is 0. The van der Waals surface area contributed by atoms with E-state index < -0.39 is 10.8 Å². The normalized spacial score (nSPS) is 10.5. The van der Waals surface area contributed by atoms with Crippen molar-refractivity contribution in [3.63, 3.8) is 0 Å². The van der Waals surface area contributed by atoms with Gasteiger partial charge in [-0.3, -0.25) is 14.9 Å². The fraction of sp³-hybridized carbons (Fsp3) is 0. The number of benzene rings is 2. The smallest absolute Gasteiger partial charge is 0.267 e. The molecule has 0 radical (unpaired) electrons. The molecule has 0 saturated heterocycles. The first kappa shape index (κ1) is 12.8. The molecule has 1 aromatic heterocycles. The van der Waals surface area contributed by atoms with E-state index in [1.807, 2.05) is 18.2 Å². The third-order valence-electron chi connectivity index (χ3n) is 3.03. The molecule has 3 aromatic rings. The minimum atomic E-state index is -0.587. The minimum absolute atomic E-state index is 0.0120. The highest BCUT2D eigenvalue weighted by molar-refractivity contribution is 6.03. The molecule has 104 valence electrons. The maximum absolute atomic E-state index is 12.2. The number of aromatic nitrogens is 2. The van der Waals surface area contributed by atoms with Crippen LogP contribution in [0.3, 0.4) is 0 Å². The molecule has 0 aliphatic carbocycles. The van der Waals surface area contributed by atoms with Crippen LogP contribution < -0.4 is 5.43 Å². The SMILES string of the molecule is O=C(Nn1ncc2ccccc21)c1ccccc1[N+](=O)[O-]. The zero-order valence-corrected chi connectivity index (χ0v) is 10.8. The Balaban J connectivity index is 1.95. The molecule has 0 spiro atoms. The van der Waals surface area contributed by atoms with E-state index >= 15 is 0 Å². The van der Waals surface area contributed by atoms with Crippen molar-refractivity contribution in [3.8, 4) is 0 Å². The molecular formula is C14H10N4O3. The van der Waals surface area contributed by atoms with Crippen LogP contribution in [0.25, 0.3) is 10.9 Å². The minimum Gasteiger partial charge on any atom is -0.267 e. The number of carbonyl (C=O) groups excluding carboxylic acids is 1. The first-order valence-electron chi connectivity index (χ1n) is 6.14. The van der Waals surface area contributed by atoms with Crippen LogP contribution in [0.2, 0.25) is 0 Å². The lowest BCUT2D eigenvalue weighted by atomic mass is 10.2. The van der Waals surface area contributed by atoms with Crippen molar-refractivity contribution in [2.24, 2.45) is 0 Å². The van der Waals surface area contributed by atoms with Gasteiger partial charge in [0.15, 0.2) is 0 Å². The summed E-state index contributed by atoms with van der Waals surface area (Å²) in [6.07, 6.45) is 1.61. The monoisotopic (exact) mass is 282 g/mol. The van der Waals surface area contributed by atoms with Crippen molar-refractivity contribution in [1.29, 1.82) is 0 Å². The molecule has 0 aliphatic rings. The van der Waals surface area contributed by atoms with Gasteiger partial charge in [0.2, 0.25) is 0 Å². The maximum Gasteiger partial charge on any atom is 0.282 e. The van der Waals surface area contributed by atoms with E-state index in [0.29, 0.717) is 5.52 Å². The largest absolute Gasteiger partial charge is 0.282 e. The Morgan fingerprint density at radius 3 is 2.67 bits per heavy atom. The molecule has 0 unspecified atom stereocenters. The number of hydrogen-bond acceptors (Lipinski definition) is 4. The second kappa shape index (κ2) is 5.04. The van der Waals surface area contributed by atoms with Gasteiger partial charge in [0.1, 0.15) is 5.56 Å². The molecule has 0 bridgehead atoms. The Morgan fingerprint density at radius 1 is 1.14 bits per heavy atom. The predicted octanol–water partition coefficient (Wildman–Crippen LogP) is 2.33. The first-order chi connectivity index (χ1) is 10.2. The second-order valence-corrected chi connectivity index (χ2v) is 4.33. The number of carbonyl (C=O) groups is 1. The van der Waals surface area contributed by atoms with Crippen LogP contribution >= 0.6 is 0 Å². The number of nitro benzene ring substituents is 1. The maximum atomic E-state index is 12.2. The van der Waals surface area contributed by atoms with Crippen LogP contribution in [0.4, 0.5) is 5.69 Å². The molecule has 0 atom stereocenters. The van der Waals surface area contributed by atoms with E-state index in [1.165, 1.54) is 23.0 Å². The van der Waals surface area contributed by atoms with Crippen molar-refractivity contribution >= 4 is 22.5 Å². The summed E-state index contributed by atoms with van der Waals surface area (Å²) in [5.41, 5.74) is 3.00. The molecular weight excluding hydrogens is 272 g/mol. The Kier molecular flexibility index (Phi) is 3.07. The van der Waals surface area contributed by atoms with Crippen LogP contribution in [-0.4, -0.2) is 20.7 Å². The molecule has 1 amide bonds. The van der Waals surface area contributed by atoms with Gasteiger partial charge in [-0.1, -0.05) is 30.3 Å². The fourth-order valence-corrected chi connectivity index (χ4v) is 2.04. The van der Waals surface area contributed by atoms with Crippen LogP contribution in [-0.2, 0) is 0 Å². The quantitative estimate of drug-likeness (QED) is 0.589. The van der Waals surface area contributed by atoms with E-state index in [0.717, 1.165) is 5.39 Å². The molecule has 7 nitrogen and oxygen atoms in total. The molecule has 0 fully saturated rings. The molecule has 1 heterocycles. The summed E-state index contributed by atoms with van der Waals surface area (Å²) in [4.78, 5) is 23.9. The van der Waals surface area contributed by atoms with Gasteiger partial charge in [-0.2, -0.15) is 9.89 Å². The van der Waals surface area contributed by atoms with Gasteiger partial charge in [0, 0.05) is 11.5 Å². The highest BCUT2D eigenvalue weighted by atomic mass is 16.6. The molecule has 0 saturated carbocycles. The standard InChI is InChI=1S/C14H10N4O3/c19-14(11-6-2-4-8-13(11)18(20)21)16-17-12-7-3-1-5-10(12)9-15-17/h1-9H,(H,16,19). The summed E-state index contributed by atoms with van der Waals surface area (Å²) >= 11 is 0. The number of amides is 1. The lowest BCUT2D eigenvalue weighted by Crippen LogP contribution is -2.24. The lowest BCUT2D eigenvalue weighted by Gasteiger charge is -2.06. The van der Waals surface area contributed by atoms with Gasteiger partial charge in [-0.15, -0.1) is 0 Å². The Morgan fingerprint density at radius 2 is 1.86 bits per heavy atom. The number of fused-ring (bicyclic) bond motifs is 1. The Hall–Kier alpha value is -3.22. The topological polar surface area (TPSA) is 90.1 Å². The first-order valence-corrected chi connectivity index (χ1v) is 6.14. The third kappa shape index (κ3) is 2.32. The van der Waals surface area contributed by atoms with Crippen LogP contribution in [0, 0.1) is 10.1 Å². The van der Waals surface area contributed by atoms with Crippen LogP contribution in [0.5, 0.6) is 0 Å². The molecule has 0 aliphatic heterocycles. The fourth-order valence-electron chi connectivity index (χ4n) is 2.04. The molecule has 1 N–H and O–H groups in total. The van der Waals surface area contributed by atoms with E-state index in [-0.39, 0.29) is 11.3 Å². The molecule has 21 heavy (non-hydrogen) atoms. The zero-order chi connectivity index (χ0) is 14.8. The van der Waals surface area contributed by atoms with Gasteiger partial charge >= 0.3 is 0 Å². The zero-order valence-electron chi connectivity index (χ0n) is 10.8. The average molecular weight is 282 g/mol. The number of rotatable bonds is 3. The summed E-state index contributed by atoms with van der Waals surface area (Å²) < 4.78 is 0. The summed E-state index contributed by atoms with van der Waals surface area (Å²) in [5, 5.41) is 15.9. The number of para-hydroxylation sites is 2. The van der Waals surface area contributed by atoms with E-state index in [4.69, 9.17) is 0 Å². The lowest BCUT2D eigenvalue weighted by molar-refractivity contribution is -0.385. The molecule has 3 rings (SSSR count). The van der Waals surface area contributed by atoms with Gasteiger partial charge < -0.3 is 0 Å². The molecule has 2 aromatic carbocycles.